The number of fused-ring (bicyclic) bond motifs is 1. The number of morpholine rings is 1. The van der Waals surface area contributed by atoms with Crippen LogP contribution in [0.1, 0.15) is 19.4 Å². The molecule has 0 spiro atoms. The quantitative estimate of drug-likeness (QED) is 0.448. The molecule has 0 aromatic heterocycles. The molecule has 2 atom stereocenters. The molecule has 2 unspecified atom stereocenters. The maximum atomic E-state index is 6.07. The number of likely N-dealkylation sites (tertiary alicyclic amines) is 1. The standard InChI is InChI=1S/C21H34N4O2/c1-17(2)16-26-11-9-23-21(22-3)25-14-19-20(15-25)27-12-10-24(19)13-18-7-5-4-6-8-18/h4-8,17,19-20H,9-16H2,1-3H3,(H,22,23). The van der Waals surface area contributed by atoms with E-state index in [4.69, 9.17) is 9.47 Å². The Bertz CT molecular complexity index is 593. The summed E-state index contributed by atoms with van der Waals surface area (Å²) in [6.07, 6.45) is 0.248. The van der Waals surface area contributed by atoms with Crippen molar-refractivity contribution in [3.8, 4) is 0 Å². The first-order chi connectivity index (χ1) is 13.2. The lowest BCUT2D eigenvalue weighted by molar-refractivity contribution is -0.0502. The summed E-state index contributed by atoms with van der Waals surface area (Å²) in [5, 5.41) is 3.44. The lowest BCUT2D eigenvalue weighted by atomic mass is 10.1. The predicted octanol–water partition coefficient (Wildman–Crippen LogP) is 1.82. The van der Waals surface area contributed by atoms with E-state index in [1.165, 1.54) is 5.56 Å². The zero-order valence-electron chi connectivity index (χ0n) is 16.9. The Kier molecular flexibility index (Phi) is 7.50. The van der Waals surface area contributed by atoms with Gasteiger partial charge in [0.25, 0.3) is 0 Å². The molecule has 0 aliphatic carbocycles. The van der Waals surface area contributed by atoms with Crippen LogP contribution < -0.4 is 5.32 Å². The molecule has 1 N–H and O–H groups in total. The molecular weight excluding hydrogens is 340 g/mol. The van der Waals surface area contributed by atoms with Crippen LogP contribution in [0.25, 0.3) is 0 Å². The first-order valence-corrected chi connectivity index (χ1v) is 10.1. The summed E-state index contributed by atoms with van der Waals surface area (Å²) in [5.41, 5.74) is 1.36. The summed E-state index contributed by atoms with van der Waals surface area (Å²) in [7, 11) is 1.85. The highest BCUT2D eigenvalue weighted by Gasteiger charge is 2.41. The summed E-state index contributed by atoms with van der Waals surface area (Å²) in [5.74, 6) is 1.51. The minimum Gasteiger partial charge on any atom is -0.379 e. The van der Waals surface area contributed by atoms with Crippen molar-refractivity contribution in [2.24, 2.45) is 10.9 Å². The minimum absolute atomic E-state index is 0.248. The summed E-state index contributed by atoms with van der Waals surface area (Å²) in [6.45, 7) is 11.2. The molecule has 3 rings (SSSR count). The van der Waals surface area contributed by atoms with Crippen LogP contribution in [0.4, 0.5) is 0 Å². The van der Waals surface area contributed by atoms with Crippen molar-refractivity contribution in [3.05, 3.63) is 35.9 Å². The van der Waals surface area contributed by atoms with E-state index >= 15 is 0 Å². The summed E-state index contributed by atoms with van der Waals surface area (Å²) in [6, 6.07) is 11.1. The van der Waals surface area contributed by atoms with Gasteiger partial charge in [-0.25, -0.2) is 0 Å². The van der Waals surface area contributed by atoms with Crippen LogP contribution in [-0.2, 0) is 16.0 Å². The molecule has 150 valence electrons. The van der Waals surface area contributed by atoms with Crippen LogP contribution in [0.3, 0.4) is 0 Å². The van der Waals surface area contributed by atoms with Crippen LogP contribution in [0, 0.1) is 5.92 Å². The molecule has 2 heterocycles. The molecule has 6 heteroatoms. The zero-order valence-corrected chi connectivity index (χ0v) is 16.9. The Morgan fingerprint density at radius 1 is 1.30 bits per heavy atom. The van der Waals surface area contributed by atoms with Crippen LogP contribution in [0.15, 0.2) is 35.3 Å². The number of rotatable bonds is 7. The third kappa shape index (κ3) is 5.67. The van der Waals surface area contributed by atoms with Gasteiger partial charge in [0, 0.05) is 46.4 Å². The zero-order chi connectivity index (χ0) is 19.1. The van der Waals surface area contributed by atoms with E-state index in [0.29, 0.717) is 18.6 Å². The molecule has 2 saturated heterocycles. The van der Waals surface area contributed by atoms with Gasteiger partial charge in [0.15, 0.2) is 5.96 Å². The van der Waals surface area contributed by atoms with Crippen molar-refractivity contribution in [3.63, 3.8) is 0 Å². The molecule has 0 radical (unpaired) electrons. The Morgan fingerprint density at radius 2 is 2.11 bits per heavy atom. The number of nitrogens with one attached hydrogen (secondary N) is 1. The maximum Gasteiger partial charge on any atom is 0.193 e. The molecule has 2 fully saturated rings. The van der Waals surface area contributed by atoms with Crippen LogP contribution in [-0.4, -0.2) is 81.0 Å². The van der Waals surface area contributed by atoms with Gasteiger partial charge in [-0.2, -0.15) is 0 Å². The number of hydrogen-bond donors (Lipinski definition) is 1. The average molecular weight is 375 g/mol. The van der Waals surface area contributed by atoms with E-state index in [9.17, 15) is 0 Å². The lowest BCUT2D eigenvalue weighted by Crippen LogP contribution is -2.50. The van der Waals surface area contributed by atoms with Gasteiger partial charge in [-0.3, -0.25) is 9.89 Å². The van der Waals surface area contributed by atoms with Crippen LogP contribution >= 0.6 is 0 Å². The first-order valence-electron chi connectivity index (χ1n) is 10.1. The van der Waals surface area contributed by atoms with Crippen molar-refractivity contribution < 1.29 is 9.47 Å². The second kappa shape index (κ2) is 10.1. The topological polar surface area (TPSA) is 49.3 Å². The van der Waals surface area contributed by atoms with Crippen molar-refractivity contribution in [2.45, 2.75) is 32.5 Å². The van der Waals surface area contributed by atoms with E-state index < -0.39 is 0 Å². The van der Waals surface area contributed by atoms with Crippen LogP contribution in [0.5, 0.6) is 0 Å². The van der Waals surface area contributed by atoms with E-state index in [-0.39, 0.29) is 6.10 Å². The Hall–Kier alpha value is -1.63. The number of ether oxygens (including phenoxy) is 2. The van der Waals surface area contributed by atoms with Crippen LogP contribution in [0.2, 0.25) is 0 Å². The molecule has 0 saturated carbocycles. The fourth-order valence-corrected chi connectivity index (χ4v) is 3.83. The third-order valence-electron chi connectivity index (χ3n) is 5.14. The fourth-order valence-electron chi connectivity index (χ4n) is 3.83. The molecule has 2 aliphatic heterocycles. The largest absolute Gasteiger partial charge is 0.379 e. The number of aliphatic imine (C=N–C) groups is 1. The molecule has 2 aliphatic rings. The van der Waals surface area contributed by atoms with Gasteiger partial charge >= 0.3 is 0 Å². The molecule has 27 heavy (non-hydrogen) atoms. The normalized spacial score (nSPS) is 23.7. The van der Waals surface area contributed by atoms with Gasteiger partial charge in [0.2, 0.25) is 0 Å². The number of benzene rings is 1. The monoisotopic (exact) mass is 374 g/mol. The second-order valence-corrected chi connectivity index (χ2v) is 7.78. The lowest BCUT2D eigenvalue weighted by Gasteiger charge is -2.36. The average Bonchev–Trinajstić information content (AvgIpc) is 3.10. The van der Waals surface area contributed by atoms with E-state index in [1.54, 1.807) is 0 Å². The molecule has 1 aromatic rings. The van der Waals surface area contributed by atoms with E-state index in [0.717, 1.165) is 51.9 Å². The number of hydrogen-bond acceptors (Lipinski definition) is 4. The summed E-state index contributed by atoms with van der Waals surface area (Å²) < 4.78 is 11.7. The highest BCUT2D eigenvalue weighted by atomic mass is 16.5. The summed E-state index contributed by atoms with van der Waals surface area (Å²) >= 11 is 0. The predicted molar refractivity (Wildman–Crippen MR) is 109 cm³/mol. The number of guanidine groups is 1. The second-order valence-electron chi connectivity index (χ2n) is 7.78. The molecule has 0 bridgehead atoms. The maximum absolute atomic E-state index is 6.07. The third-order valence-corrected chi connectivity index (χ3v) is 5.14. The Labute approximate surface area is 163 Å². The van der Waals surface area contributed by atoms with Gasteiger partial charge in [-0.15, -0.1) is 0 Å². The van der Waals surface area contributed by atoms with Crippen molar-refractivity contribution >= 4 is 5.96 Å². The Morgan fingerprint density at radius 3 is 2.85 bits per heavy atom. The SMILES string of the molecule is CN=C(NCCOCC(C)C)N1CC2OCCN(Cc3ccccc3)C2C1. The van der Waals surface area contributed by atoms with Gasteiger partial charge in [0.05, 0.1) is 25.4 Å². The van der Waals surface area contributed by atoms with Gasteiger partial charge < -0.3 is 19.7 Å². The van der Waals surface area contributed by atoms with Crippen molar-refractivity contribution in [1.82, 2.24) is 15.1 Å². The smallest absolute Gasteiger partial charge is 0.193 e. The highest BCUT2D eigenvalue weighted by Crippen LogP contribution is 2.24. The van der Waals surface area contributed by atoms with Gasteiger partial charge in [-0.1, -0.05) is 44.2 Å². The molecule has 0 amide bonds. The summed E-state index contributed by atoms with van der Waals surface area (Å²) in [4.78, 5) is 9.35. The highest BCUT2D eigenvalue weighted by molar-refractivity contribution is 5.80. The van der Waals surface area contributed by atoms with E-state index in [1.807, 2.05) is 7.05 Å². The van der Waals surface area contributed by atoms with Crippen molar-refractivity contribution in [2.75, 3.05) is 53.0 Å². The van der Waals surface area contributed by atoms with Gasteiger partial charge in [-0.05, 0) is 11.5 Å². The number of nitrogens with zero attached hydrogens (tertiary/aromatic N) is 3. The van der Waals surface area contributed by atoms with Gasteiger partial charge in [0.1, 0.15) is 0 Å². The Balaban J connectivity index is 1.51. The molecule has 6 nitrogen and oxygen atoms in total. The van der Waals surface area contributed by atoms with E-state index in [2.05, 4.69) is 64.3 Å². The minimum atomic E-state index is 0.248. The van der Waals surface area contributed by atoms with Crippen molar-refractivity contribution in [1.29, 1.82) is 0 Å². The first kappa shape index (κ1) is 20.1. The fraction of sp³-hybridized carbons (Fsp3) is 0.667. The molecule has 1 aromatic carbocycles. The molecular formula is C21H34N4O2.